The van der Waals surface area contributed by atoms with Gasteiger partial charge in [0.2, 0.25) is 5.78 Å². The van der Waals surface area contributed by atoms with Gasteiger partial charge in [-0.25, -0.2) is 4.98 Å². The van der Waals surface area contributed by atoms with Crippen LogP contribution in [0.2, 0.25) is 0 Å². The number of rotatable bonds is 7. The van der Waals surface area contributed by atoms with E-state index in [1.807, 2.05) is 37.3 Å². The van der Waals surface area contributed by atoms with Crippen molar-refractivity contribution in [3.05, 3.63) is 64.7 Å². The predicted molar refractivity (Wildman–Crippen MR) is 110 cm³/mol. The number of benzene rings is 2. The van der Waals surface area contributed by atoms with Crippen molar-refractivity contribution in [2.75, 3.05) is 13.0 Å². The highest BCUT2D eigenvalue weighted by Crippen LogP contribution is 2.35. The minimum absolute atomic E-state index is 0.221. The molecule has 0 atom stereocenters. The van der Waals surface area contributed by atoms with Crippen molar-refractivity contribution in [3.8, 4) is 22.1 Å². The lowest BCUT2D eigenvalue weighted by atomic mass is 10.0. The van der Waals surface area contributed by atoms with E-state index >= 15 is 0 Å². The van der Waals surface area contributed by atoms with Gasteiger partial charge in [-0.05, 0) is 24.1 Å². The molecule has 0 unspecified atom stereocenters. The Hall–Kier alpha value is -2.70. The number of nitrogens with zero attached hydrogens (tertiary/aromatic N) is 1. The summed E-state index contributed by atoms with van der Waals surface area (Å²) in [5.74, 6) is -0.480. The summed E-state index contributed by atoms with van der Waals surface area (Å²) in [5.41, 5.74) is 2.42. The maximum atomic E-state index is 13.0. The molecule has 1 aromatic heterocycles. The quantitative estimate of drug-likeness (QED) is 0.241. The average Bonchev–Trinajstić information content (AvgIpc) is 3.24. The van der Waals surface area contributed by atoms with Crippen molar-refractivity contribution in [3.63, 3.8) is 0 Å². The van der Waals surface area contributed by atoms with Gasteiger partial charge in [-0.1, -0.05) is 37.3 Å². The highest BCUT2D eigenvalue weighted by molar-refractivity contribution is 7.13. The zero-order valence-corrected chi connectivity index (χ0v) is 17.0. The van der Waals surface area contributed by atoms with Crippen LogP contribution in [0.15, 0.2) is 47.8 Å². The maximum absolute atomic E-state index is 13.0. The van der Waals surface area contributed by atoms with Crippen LogP contribution in [0.3, 0.4) is 0 Å². The van der Waals surface area contributed by atoms with E-state index in [9.17, 15) is 9.59 Å². The molecule has 0 amide bonds. The van der Waals surface area contributed by atoms with E-state index in [2.05, 4.69) is 4.98 Å². The van der Waals surface area contributed by atoms with Gasteiger partial charge in [0.25, 0.3) is 0 Å². The number of carbonyl (C=O) groups is 2. The van der Waals surface area contributed by atoms with Crippen LogP contribution < -0.4 is 9.47 Å². The van der Waals surface area contributed by atoms with Crippen molar-refractivity contribution in [2.45, 2.75) is 13.3 Å². The van der Waals surface area contributed by atoms with Crippen molar-refractivity contribution in [1.29, 1.82) is 0 Å². The van der Waals surface area contributed by atoms with E-state index in [4.69, 9.17) is 21.1 Å². The molecular weight excluding hydrogens is 398 g/mol. The number of halogens is 1. The van der Waals surface area contributed by atoms with Gasteiger partial charge in [-0.3, -0.25) is 9.59 Å². The Kier molecular flexibility index (Phi) is 6.44. The fraction of sp³-hybridized carbons (Fsp3) is 0.190. The number of alkyl halides is 1. The van der Waals surface area contributed by atoms with Gasteiger partial charge < -0.3 is 9.47 Å². The Morgan fingerprint density at radius 1 is 1.18 bits per heavy atom. The monoisotopic (exact) mass is 415 g/mol. The van der Waals surface area contributed by atoms with Crippen molar-refractivity contribution < 1.29 is 19.1 Å². The number of methoxy groups -OCH3 is 1. The summed E-state index contributed by atoms with van der Waals surface area (Å²) in [7, 11) is 1.46. The molecule has 28 heavy (non-hydrogen) atoms. The molecule has 0 fully saturated rings. The molecular formula is C21H18ClNO4S. The second-order valence-corrected chi connectivity index (χ2v) is 6.99. The highest BCUT2D eigenvalue weighted by atomic mass is 35.5. The summed E-state index contributed by atoms with van der Waals surface area (Å²) in [6.45, 7) is 1.90. The standard InChI is InChI=1S/C21H18ClNO4S/c1-3-13-9-15(10-17(26-2)20(13)27-18(24)11-22)19(25)16-12-28-21(23-16)14-7-5-4-6-8-14/h4-10,12H,3,11H2,1-2H3. The van der Waals surface area contributed by atoms with E-state index in [1.165, 1.54) is 18.4 Å². The number of ether oxygens (including phenoxy) is 2. The summed E-state index contributed by atoms with van der Waals surface area (Å²) in [5, 5.41) is 2.52. The molecule has 0 saturated carbocycles. The van der Waals surface area contributed by atoms with Gasteiger partial charge in [0.1, 0.15) is 16.6 Å². The number of esters is 1. The van der Waals surface area contributed by atoms with Crippen molar-refractivity contribution >= 4 is 34.7 Å². The predicted octanol–water partition coefficient (Wildman–Crippen LogP) is 4.76. The molecule has 144 valence electrons. The van der Waals surface area contributed by atoms with Crippen LogP contribution in [0.1, 0.15) is 28.5 Å². The summed E-state index contributed by atoms with van der Waals surface area (Å²) < 4.78 is 10.6. The van der Waals surface area contributed by atoms with Gasteiger partial charge in [0.05, 0.1) is 7.11 Å². The summed E-state index contributed by atoms with van der Waals surface area (Å²) >= 11 is 6.94. The molecule has 2 aromatic carbocycles. The van der Waals surface area contributed by atoms with Gasteiger partial charge in [0.15, 0.2) is 11.5 Å². The molecule has 0 radical (unpaired) electrons. The lowest BCUT2D eigenvalue weighted by molar-refractivity contribution is -0.131. The normalized spacial score (nSPS) is 10.5. The number of hydrogen-bond acceptors (Lipinski definition) is 6. The van der Waals surface area contributed by atoms with Gasteiger partial charge in [0, 0.05) is 16.5 Å². The van der Waals surface area contributed by atoms with E-state index in [-0.39, 0.29) is 17.4 Å². The average molecular weight is 416 g/mol. The van der Waals surface area contributed by atoms with E-state index in [0.717, 1.165) is 10.6 Å². The molecule has 5 nitrogen and oxygen atoms in total. The zero-order valence-electron chi connectivity index (χ0n) is 15.4. The minimum atomic E-state index is -0.583. The molecule has 3 aromatic rings. The van der Waals surface area contributed by atoms with Crippen molar-refractivity contribution in [2.24, 2.45) is 0 Å². The topological polar surface area (TPSA) is 65.5 Å². The molecule has 0 saturated heterocycles. The fourth-order valence-electron chi connectivity index (χ4n) is 2.70. The second kappa shape index (κ2) is 8.99. The smallest absolute Gasteiger partial charge is 0.326 e. The van der Waals surface area contributed by atoms with Crippen LogP contribution in [-0.4, -0.2) is 29.7 Å². The Bertz CT molecular complexity index is 976. The number of carbonyl (C=O) groups excluding carboxylic acids is 2. The van der Waals surface area contributed by atoms with Crippen LogP contribution in [0.25, 0.3) is 10.6 Å². The molecule has 0 spiro atoms. The first-order valence-corrected chi connectivity index (χ1v) is 10.0. The maximum Gasteiger partial charge on any atom is 0.326 e. The molecule has 0 aliphatic carbocycles. The number of aryl methyl sites for hydroxylation is 1. The first kappa shape index (κ1) is 20.0. The van der Waals surface area contributed by atoms with E-state index in [0.29, 0.717) is 29.0 Å². The van der Waals surface area contributed by atoms with Crippen LogP contribution in [0.5, 0.6) is 11.5 Å². The lowest BCUT2D eigenvalue weighted by Crippen LogP contribution is -2.12. The first-order valence-electron chi connectivity index (χ1n) is 8.60. The Morgan fingerprint density at radius 2 is 1.93 bits per heavy atom. The first-order chi connectivity index (χ1) is 13.6. The van der Waals surface area contributed by atoms with E-state index in [1.54, 1.807) is 17.5 Å². The number of hydrogen-bond donors (Lipinski definition) is 0. The molecule has 0 aliphatic rings. The van der Waals surface area contributed by atoms with E-state index < -0.39 is 5.97 Å². The summed E-state index contributed by atoms with van der Waals surface area (Å²) in [4.78, 5) is 29.1. The lowest BCUT2D eigenvalue weighted by Gasteiger charge is -2.14. The molecule has 0 aliphatic heterocycles. The van der Waals surface area contributed by atoms with Crippen LogP contribution in [0.4, 0.5) is 0 Å². The zero-order chi connectivity index (χ0) is 20.1. The number of thiazole rings is 1. The number of aromatic nitrogens is 1. The highest BCUT2D eigenvalue weighted by Gasteiger charge is 2.21. The summed E-state index contributed by atoms with van der Waals surface area (Å²) in [6, 6.07) is 12.9. The third kappa shape index (κ3) is 4.24. The van der Waals surface area contributed by atoms with Gasteiger partial charge in [-0.15, -0.1) is 22.9 Å². The van der Waals surface area contributed by atoms with Crippen molar-refractivity contribution in [1.82, 2.24) is 4.98 Å². The second-order valence-electron chi connectivity index (χ2n) is 5.86. The van der Waals surface area contributed by atoms with Crippen LogP contribution in [0, 0.1) is 0 Å². The number of ketones is 1. The molecule has 3 rings (SSSR count). The fourth-order valence-corrected chi connectivity index (χ4v) is 3.56. The Balaban J connectivity index is 1.96. The SMILES string of the molecule is CCc1cc(C(=O)c2csc(-c3ccccc3)n2)cc(OC)c1OC(=O)CCl. The van der Waals surface area contributed by atoms with Crippen LogP contribution in [-0.2, 0) is 11.2 Å². The Labute approximate surface area is 171 Å². The largest absolute Gasteiger partial charge is 0.493 e. The minimum Gasteiger partial charge on any atom is -0.493 e. The summed E-state index contributed by atoms with van der Waals surface area (Å²) in [6.07, 6.45) is 0.550. The van der Waals surface area contributed by atoms with Crippen LogP contribution >= 0.6 is 22.9 Å². The molecule has 1 heterocycles. The third-order valence-electron chi connectivity index (χ3n) is 4.08. The molecule has 0 N–H and O–H groups in total. The Morgan fingerprint density at radius 3 is 2.57 bits per heavy atom. The molecule has 7 heteroatoms. The van der Waals surface area contributed by atoms with Gasteiger partial charge in [-0.2, -0.15) is 0 Å². The van der Waals surface area contributed by atoms with Gasteiger partial charge >= 0.3 is 5.97 Å². The third-order valence-corrected chi connectivity index (χ3v) is 5.19. The molecule has 0 bridgehead atoms.